The Labute approximate surface area is 189 Å². The lowest BCUT2D eigenvalue weighted by Gasteiger charge is -2.36. The molecule has 2 bridgehead atoms. The van der Waals surface area contributed by atoms with E-state index in [1.807, 2.05) is 0 Å². The van der Waals surface area contributed by atoms with Crippen LogP contribution in [0.4, 0.5) is 18.9 Å². The first-order chi connectivity index (χ1) is 14.7. The SMILES string of the molecule is CC12CCC(C(=O)Nc3ccc(Cl)cc3C(O)(CCC3CC3)C(F)(F)F)(OC1=O)C2(C)C. The molecule has 2 aliphatic carbocycles. The maximum atomic E-state index is 14.1. The van der Waals surface area contributed by atoms with Crippen molar-refractivity contribution in [2.45, 2.75) is 76.7 Å². The lowest BCUT2D eigenvalue weighted by atomic mass is 9.66. The summed E-state index contributed by atoms with van der Waals surface area (Å²) in [4.78, 5) is 25.9. The molecule has 1 aromatic rings. The molecule has 1 heterocycles. The monoisotopic (exact) mass is 473 g/mol. The number of anilines is 1. The number of ether oxygens (including phenoxy) is 1. The third kappa shape index (κ3) is 3.16. The predicted octanol–water partition coefficient (Wildman–Crippen LogP) is 5.34. The molecule has 3 fully saturated rings. The lowest BCUT2D eigenvalue weighted by Crippen LogP contribution is -2.51. The van der Waals surface area contributed by atoms with E-state index in [1.165, 1.54) is 12.1 Å². The molecule has 1 saturated heterocycles. The number of nitrogens with one attached hydrogen (secondary N) is 1. The minimum absolute atomic E-state index is 0.00586. The summed E-state index contributed by atoms with van der Waals surface area (Å²) in [6.07, 6.45) is -2.91. The lowest BCUT2D eigenvalue weighted by molar-refractivity contribution is -0.269. The molecule has 3 unspecified atom stereocenters. The molecule has 3 atom stereocenters. The van der Waals surface area contributed by atoms with Crippen molar-refractivity contribution < 1.29 is 32.6 Å². The summed E-state index contributed by atoms with van der Waals surface area (Å²) >= 11 is 6.00. The second-order valence-corrected chi connectivity index (χ2v) is 10.6. The average molecular weight is 474 g/mol. The highest BCUT2D eigenvalue weighted by molar-refractivity contribution is 6.30. The third-order valence-electron chi connectivity index (χ3n) is 8.21. The molecule has 5 nitrogen and oxygen atoms in total. The van der Waals surface area contributed by atoms with E-state index in [0.29, 0.717) is 6.42 Å². The van der Waals surface area contributed by atoms with Gasteiger partial charge >= 0.3 is 12.1 Å². The Kier molecular flexibility index (Phi) is 5.18. The van der Waals surface area contributed by atoms with Crippen LogP contribution in [0.5, 0.6) is 0 Å². The zero-order valence-electron chi connectivity index (χ0n) is 18.2. The summed E-state index contributed by atoms with van der Waals surface area (Å²) in [6.45, 7) is 5.26. The third-order valence-corrected chi connectivity index (χ3v) is 8.44. The van der Waals surface area contributed by atoms with Gasteiger partial charge in [-0.15, -0.1) is 0 Å². The maximum Gasteiger partial charge on any atom is 0.421 e. The normalized spacial score (nSPS) is 30.7. The zero-order valence-corrected chi connectivity index (χ0v) is 19.0. The van der Waals surface area contributed by atoms with E-state index in [-0.39, 0.29) is 29.5 Å². The van der Waals surface area contributed by atoms with Gasteiger partial charge in [-0.3, -0.25) is 9.59 Å². The second-order valence-electron chi connectivity index (χ2n) is 10.2. The maximum absolute atomic E-state index is 14.1. The number of aliphatic hydroxyl groups is 1. The van der Waals surface area contributed by atoms with Gasteiger partial charge in [0.1, 0.15) is 0 Å². The topological polar surface area (TPSA) is 75.6 Å². The van der Waals surface area contributed by atoms with Crippen LogP contribution in [0, 0.1) is 16.7 Å². The van der Waals surface area contributed by atoms with Gasteiger partial charge in [0.2, 0.25) is 0 Å². The van der Waals surface area contributed by atoms with Crippen molar-refractivity contribution in [2.24, 2.45) is 16.7 Å². The number of hydrogen-bond donors (Lipinski definition) is 2. The van der Waals surface area contributed by atoms with Crippen LogP contribution < -0.4 is 5.32 Å². The Morgan fingerprint density at radius 3 is 2.41 bits per heavy atom. The minimum Gasteiger partial charge on any atom is -0.448 e. The first-order valence-corrected chi connectivity index (χ1v) is 11.2. The quantitative estimate of drug-likeness (QED) is 0.547. The van der Waals surface area contributed by atoms with Gasteiger partial charge in [-0.05, 0) is 56.7 Å². The highest BCUT2D eigenvalue weighted by Gasteiger charge is 2.75. The van der Waals surface area contributed by atoms with Gasteiger partial charge in [0.15, 0.2) is 11.2 Å². The number of fused-ring (bicyclic) bond motifs is 2. The van der Waals surface area contributed by atoms with Gasteiger partial charge in [-0.2, -0.15) is 13.2 Å². The molecule has 3 aliphatic rings. The van der Waals surface area contributed by atoms with E-state index in [0.717, 1.165) is 18.9 Å². The van der Waals surface area contributed by atoms with Gasteiger partial charge < -0.3 is 15.2 Å². The summed E-state index contributed by atoms with van der Waals surface area (Å²) in [5.41, 5.74) is -7.10. The molecule has 2 saturated carbocycles. The highest BCUT2D eigenvalue weighted by Crippen LogP contribution is 2.65. The van der Waals surface area contributed by atoms with E-state index in [4.69, 9.17) is 16.3 Å². The number of rotatable bonds is 6. The first-order valence-electron chi connectivity index (χ1n) is 10.8. The van der Waals surface area contributed by atoms with Crippen LogP contribution in [0.3, 0.4) is 0 Å². The van der Waals surface area contributed by atoms with Crippen LogP contribution in [0.15, 0.2) is 18.2 Å². The molecule has 1 aromatic carbocycles. The van der Waals surface area contributed by atoms with E-state index in [2.05, 4.69) is 5.32 Å². The molecule has 2 N–H and O–H groups in total. The number of carbonyl (C=O) groups is 2. The number of halogens is 4. The molecular formula is C23H27ClF3NO4. The number of amides is 1. The fraction of sp³-hybridized carbons (Fsp3) is 0.652. The Morgan fingerprint density at radius 2 is 1.91 bits per heavy atom. The van der Waals surface area contributed by atoms with Gasteiger partial charge in [0, 0.05) is 21.7 Å². The predicted molar refractivity (Wildman–Crippen MR) is 112 cm³/mol. The van der Waals surface area contributed by atoms with Crippen molar-refractivity contribution in [3.63, 3.8) is 0 Å². The summed E-state index contributed by atoms with van der Waals surface area (Å²) in [7, 11) is 0. The number of carbonyl (C=O) groups excluding carboxylic acids is 2. The molecular weight excluding hydrogens is 447 g/mol. The second kappa shape index (κ2) is 7.10. The Hall–Kier alpha value is -1.80. The van der Waals surface area contributed by atoms with Crippen LogP contribution in [0.25, 0.3) is 0 Å². The van der Waals surface area contributed by atoms with Crippen LogP contribution in [0.1, 0.15) is 64.9 Å². The molecule has 0 aromatic heterocycles. The summed E-state index contributed by atoms with van der Waals surface area (Å²) in [5, 5.41) is 13.4. The Bertz CT molecular complexity index is 976. The number of alkyl halides is 3. The van der Waals surface area contributed by atoms with Crippen LogP contribution in [-0.2, 0) is 19.9 Å². The Balaban J connectivity index is 1.71. The van der Waals surface area contributed by atoms with Crippen molar-refractivity contribution >= 4 is 29.2 Å². The van der Waals surface area contributed by atoms with Crippen LogP contribution >= 0.6 is 11.6 Å². The molecule has 32 heavy (non-hydrogen) atoms. The molecule has 9 heteroatoms. The smallest absolute Gasteiger partial charge is 0.421 e. The summed E-state index contributed by atoms with van der Waals surface area (Å²) in [6, 6.07) is 3.64. The molecule has 176 valence electrons. The largest absolute Gasteiger partial charge is 0.448 e. The first kappa shape index (κ1) is 23.4. The van der Waals surface area contributed by atoms with Gasteiger partial charge in [0.25, 0.3) is 5.91 Å². The standard InChI is InChI=1S/C23H27ClF3NO4/c1-19(2)20(3)10-11-22(19,32-18(20)30)17(29)28-16-7-6-14(24)12-15(16)21(31,23(25,26)27)9-8-13-4-5-13/h6-7,12-13,31H,4-5,8-11H2,1-3H3,(H,28,29). The van der Waals surface area contributed by atoms with Crippen molar-refractivity contribution in [1.29, 1.82) is 0 Å². The minimum atomic E-state index is -4.98. The highest BCUT2D eigenvalue weighted by atomic mass is 35.5. The van der Waals surface area contributed by atoms with Crippen molar-refractivity contribution in [2.75, 3.05) is 5.32 Å². The fourth-order valence-electron chi connectivity index (χ4n) is 5.19. The van der Waals surface area contributed by atoms with Crippen molar-refractivity contribution in [3.8, 4) is 0 Å². The Morgan fingerprint density at radius 1 is 1.25 bits per heavy atom. The van der Waals surface area contributed by atoms with Gasteiger partial charge in [-0.25, -0.2) is 0 Å². The fourth-order valence-corrected chi connectivity index (χ4v) is 5.36. The van der Waals surface area contributed by atoms with E-state index in [1.54, 1.807) is 20.8 Å². The molecule has 4 rings (SSSR count). The molecule has 0 spiro atoms. The molecule has 0 radical (unpaired) electrons. The zero-order chi connectivity index (χ0) is 23.7. The van der Waals surface area contributed by atoms with E-state index in [9.17, 15) is 27.9 Å². The average Bonchev–Trinajstić information content (AvgIpc) is 3.47. The van der Waals surface area contributed by atoms with Gasteiger partial charge in [0.05, 0.1) is 5.41 Å². The number of esters is 1. The summed E-state index contributed by atoms with van der Waals surface area (Å²) in [5.74, 6) is -1.03. The van der Waals surface area contributed by atoms with E-state index < -0.39 is 52.1 Å². The number of benzene rings is 1. The van der Waals surface area contributed by atoms with Crippen molar-refractivity contribution in [1.82, 2.24) is 0 Å². The van der Waals surface area contributed by atoms with Crippen molar-refractivity contribution in [3.05, 3.63) is 28.8 Å². The van der Waals surface area contributed by atoms with Gasteiger partial charge in [-0.1, -0.05) is 38.3 Å². The molecule has 1 aliphatic heterocycles. The summed E-state index contributed by atoms with van der Waals surface area (Å²) < 4.78 is 47.9. The van der Waals surface area contributed by atoms with Crippen LogP contribution in [0.2, 0.25) is 5.02 Å². The number of hydrogen-bond acceptors (Lipinski definition) is 4. The molecule has 1 amide bonds. The van der Waals surface area contributed by atoms with Crippen LogP contribution in [-0.4, -0.2) is 28.8 Å². The van der Waals surface area contributed by atoms with E-state index >= 15 is 0 Å².